The second-order valence-electron chi connectivity index (χ2n) is 4.21. The standard InChI is InChI=1S/C10H16F5IO2S/c11-9(12,10(13,14)15)5-4-8-19(17,18)7-3-1-2-6-16/h1-8H2. The second-order valence-corrected chi connectivity index (χ2v) is 7.59. The van der Waals surface area contributed by atoms with Crippen LogP contribution in [0.4, 0.5) is 22.0 Å². The van der Waals surface area contributed by atoms with Crippen LogP contribution in [0.2, 0.25) is 0 Å². The highest BCUT2D eigenvalue weighted by atomic mass is 127. The van der Waals surface area contributed by atoms with Gasteiger partial charge in [-0.25, -0.2) is 8.42 Å². The van der Waals surface area contributed by atoms with Gasteiger partial charge in [-0.05, 0) is 23.7 Å². The van der Waals surface area contributed by atoms with Crippen LogP contribution >= 0.6 is 22.6 Å². The Kier molecular flexibility index (Phi) is 8.08. The van der Waals surface area contributed by atoms with Gasteiger partial charge in [-0.3, -0.25) is 0 Å². The molecule has 0 amide bonds. The van der Waals surface area contributed by atoms with Gasteiger partial charge in [0.25, 0.3) is 0 Å². The lowest BCUT2D eigenvalue weighted by Crippen LogP contribution is -2.36. The molecule has 9 heteroatoms. The van der Waals surface area contributed by atoms with Gasteiger partial charge in [0.15, 0.2) is 0 Å². The number of rotatable bonds is 9. The fourth-order valence-electron chi connectivity index (χ4n) is 1.35. The van der Waals surface area contributed by atoms with E-state index in [0.29, 0.717) is 12.8 Å². The third-order valence-electron chi connectivity index (χ3n) is 2.45. The molecule has 0 aliphatic heterocycles. The van der Waals surface area contributed by atoms with Crippen LogP contribution in [-0.2, 0) is 9.84 Å². The first-order chi connectivity index (χ1) is 8.52. The van der Waals surface area contributed by atoms with Gasteiger partial charge < -0.3 is 0 Å². The summed E-state index contributed by atoms with van der Waals surface area (Å²) in [5, 5.41) is 0. The van der Waals surface area contributed by atoms with Crippen molar-refractivity contribution in [1.82, 2.24) is 0 Å². The molecule has 0 aromatic carbocycles. The van der Waals surface area contributed by atoms with Crippen LogP contribution in [0.5, 0.6) is 0 Å². The normalized spacial score (nSPS) is 13.8. The smallest absolute Gasteiger partial charge is 0.229 e. The number of sulfone groups is 1. The van der Waals surface area contributed by atoms with Gasteiger partial charge >= 0.3 is 12.1 Å². The van der Waals surface area contributed by atoms with Crippen molar-refractivity contribution >= 4 is 32.4 Å². The van der Waals surface area contributed by atoms with E-state index in [2.05, 4.69) is 22.6 Å². The molecular weight excluding hydrogens is 406 g/mol. The van der Waals surface area contributed by atoms with Crippen LogP contribution in [0, 0.1) is 0 Å². The van der Waals surface area contributed by atoms with Gasteiger partial charge in [0, 0.05) is 6.42 Å². The highest BCUT2D eigenvalue weighted by Gasteiger charge is 2.56. The maximum atomic E-state index is 12.5. The van der Waals surface area contributed by atoms with Gasteiger partial charge in [-0.1, -0.05) is 29.0 Å². The molecule has 0 atom stereocenters. The largest absolute Gasteiger partial charge is 0.453 e. The zero-order valence-corrected chi connectivity index (χ0v) is 13.1. The fraction of sp³-hybridized carbons (Fsp3) is 1.00. The molecule has 19 heavy (non-hydrogen) atoms. The van der Waals surface area contributed by atoms with Gasteiger partial charge in [-0.15, -0.1) is 0 Å². The average molecular weight is 422 g/mol. The van der Waals surface area contributed by atoms with Crippen LogP contribution < -0.4 is 0 Å². The lowest BCUT2D eigenvalue weighted by molar-refractivity contribution is -0.284. The number of unbranched alkanes of at least 4 members (excludes halogenated alkanes) is 2. The molecule has 0 aliphatic carbocycles. The zero-order valence-electron chi connectivity index (χ0n) is 10.1. The molecule has 0 N–H and O–H groups in total. The third-order valence-corrected chi connectivity index (χ3v) is 5.03. The first-order valence-corrected chi connectivity index (χ1v) is 9.07. The first kappa shape index (κ1) is 19.3. The fourth-order valence-corrected chi connectivity index (χ4v) is 3.32. The molecule has 0 fully saturated rings. The van der Waals surface area contributed by atoms with Gasteiger partial charge in [-0.2, -0.15) is 22.0 Å². The first-order valence-electron chi connectivity index (χ1n) is 5.73. The van der Waals surface area contributed by atoms with Crippen LogP contribution in [0.25, 0.3) is 0 Å². The third kappa shape index (κ3) is 8.26. The van der Waals surface area contributed by atoms with E-state index in [1.165, 1.54) is 0 Å². The van der Waals surface area contributed by atoms with E-state index in [-0.39, 0.29) is 5.75 Å². The topological polar surface area (TPSA) is 34.1 Å². The molecule has 0 bridgehead atoms. The van der Waals surface area contributed by atoms with Crippen LogP contribution in [0.15, 0.2) is 0 Å². The van der Waals surface area contributed by atoms with Crippen molar-refractivity contribution in [2.75, 3.05) is 15.9 Å². The Morgan fingerprint density at radius 2 is 1.37 bits per heavy atom. The summed E-state index contributed by atoms with van der Waals surface area (Å²) in [7, 11) is -3.53. The molecule has 0 spiro atoms. The minimum absolute atomic E-state index is 0.152. The summed E-state index contributed by atoms with van der Waals surface area (Å²) in [4.78, 5) is 0. The van der Waals surface area contributed by atoms with Crippen LogP contribution in [0.3, 0.4) is 0 Å². The van der Waals surface area contributed by atoms with Crippen molar-refractivity contribution in [1.29, 1.82) is 0 Å². The molecule has 0 saturated carbocycles. The highest BCUT2D eigenvalue weighted by molar-refractivity contribution is 14.1. The average Bonchev–Trinajstić information content (AvgIpc) is 2.22. The van der Waals surface area contributed by atoms with Crippen molar-refractivity contribution in [3.05, 3.63) is 0 Å². The number of hydrogen-bond acceptors (Lipinski definition) is 2. The number of halogens is 6. The Balaban J connectivity index is 4.06. The Labute approximate surface area is 123 Å². The van der Waals surface area contributed by atoms with Gasteiger partial charge in [0.05, 0.1) is 11.5 Å². The Morgan fingerprint density at radius 1 is 0.842 bits per heavy atom. The van der Waals surface area contributed by atoms with E-state index >= 15 is 0 Å². The number of hydrogen-bond donors (Lipinski definition) is 0. The molecule has 0 rings (SSSR count). The minimum atomic E-state index is -5.61. The molecule has 0 unspecified atom stereocenters. The highest BCUT2D eigenvalue weighted by Crippen LogP contribution is 2.38. The van der Waals surface area contributed by atoms with Crippen molar-refractivity contribution in [3.8, 4) is 0 Å². The summed E-state index contributed by atoms with van der Waals surface area (Å²) in [5.74, 6) is -5.59. The Hall–Kier alpha value is 0.330. The predicted molar refractivity (Wildman–Crippen MR) is 71.6 cm³/mol. The van der Waals surface area contributed by atoms with Crippen molar-refractivity contribution in [2.24, 2.45) is 0 Å². The van der Waals surface area contributed by atoms with E-state index in [1.54, 1.807) is 0 Å². The summed E-state index contributed by atoms with van der Waals surface area (Å²) < 4.78 is 84.3. The molecule has 2 nitrogen and oxygen atoms in total. The lowest BCUT2D eigenvalue weighted by atomic mass is 10.2. The van der Waals surface area contributed by atoms with E-state index in [9.17, 15) is 30.4 Å². The summed E-state index contributed by atoms with van der Waals surface area (Å²) in [5.41, 5.74) is 0. The van der Waals surface area contributed by atoms with Gasteiger partial charge in [0.2, 0.25) is 0 Å². The molecule has 0 aromatic heterocycles. The molecular formula is C10H16F5IO2S. The lowest BCUT2D eigenvalue weighted by Gasteiger charge is -2.19. The van der Waals surface area contributed by atoms with Gasteiger partial charge in [0.1, 0.15) is 9.84 Å². The SMILES string of the molecule is O=S(=O)(CCCCCI)CCCC(F)(F)C(F)(F)F. The summed E-state index contributed by atoms with van der Waals surface area (Å²) in [6.45, 7) is 0. The Morgan fingerprint density at radius 3 is 1.84 bits per heavy atom. The quantitative estimate of drug-likeness (QED) is 0.244. The van der Waals surface area contributed by atoms with E-state index < -0.39 is 40.5 Å². The maximum Gasteiger partial charge on any atom is 0.453 e. The number of alkyl halides is 6. The molecule has 0 aromatic rings. The van der Waals surface area contributed by atoms with Crippen LogP contribution in [-0.4, -0.2) is 36.4 Å². The Bertz CT molecular complexity index is 353. The predicted octanol–water partition coefficient (Wildman–Crippen LogP) is 3.98. The summed E-state index contributed by atoms with van der Waals surface area (Å²) in [6.07, 6.45) is -5.79. The van der Waals surface area contributed by atoms with E-state index in [4.69, 9.17) is 0 Å². The molecule has 0 heterocycles. The zero-order chi connectivity index (χ0) is 15.2. The summed E-state index contributed by atoms with van der Waals surface area (Å²) >= 11 is 2.15. The monoisotopic (exact) mass is 422 g/mol. The van der Waals surface area contributed by atoms with Crippen molar-refractivity contribution in [3.63, 3.8) is 0 Å². The molecule has 0 aliphatic rings. The summed E-state index contributed by atoms with van der Waals surface area (Å²) in [6, 6.07) is 0. The maximum absolute atomic E-state index is 12.5. The van der Waals surface area contributed by atoms with Crippen molar-refractivity contribution in [2.45, 2.75) is 44.2 Å². The molecule has 116 valence electrons. The molecule has 0 saturated heterocycles. The van der Waals surface area contributed by atoms with Crippen LogP contribution in [0.1, 0.15) is 32.1 Å². The second kappa shape index (κ2) is 7.94. The van der Waals surface area contributed by atoms with E-state index in [1.807, 2.05) is 0 Å². The van der Waals surface area contributed by atoms with E-state index in [0.717, 1.165) is 10.8 Å². The van der Waals surface area contributed by atoms with Crippen molar-refractivity contribution < 1.29 is 30.4 Å². The molecule has 0 radical (unpaired) electrons. The minimum Gasteiger partial charge on any atom is -0.229 e.